The van der Waals surface area contributed by atoms with Crippen LogP contribution in [0.1, 0.15) is 29.5 Å². The molecule has 26 heavy (non-hydrogen) atoms. The van der Waals surface area contributed by atoms with Crippen LogP contribution in [-0.2, 0) is 9.84 Å². The van der Waals surface area contributed by atoms with Crippen LogP contribution in [0.4, 0.5) is 11.6 Å². The molecule has 8 heteroatoms. The molecule has 1 atom stereocenters. The van der Waals surface area contributed by atoms with Gasteiger partial charge in [0.25, 0.3) is 5.91 Å². The van der Waals surface area contributed by atoms with Crippen molar-refractivity contribution in [1.29, 1.82) is 0 Å². The zero-order valence-electron chi connectivity index (χ0n) is 14.8. The Labute approximate surface area is 153 Å². The number of benzene rings is 1. The van der Waals surface area contributed by atoms with Crippen molar-refractivity contribution in [2.24, 2.45) is 0 Å². The lowest BCUT2D eigenvalue weighted by atomic mass is 10.2. The fraction of sp³-hybridized carbons (Fsp3) is 0.389. The first-order valence-electron chi connectivity index (χ1n) is 8.57. The van der Waals surface area contributed by atoms with Gasteiger partial charge in [-0.15, -0.1) is 0 Å². The normalized spacial score (nSPS) is 18.5. The molecular formula is C18H22N4O3S. The van der Waals surface area contributed by atoms with Gasteiger partial charge in [-0.2, -0.15) is 0 Å². The van der Waals surface area contributed by atoms with Crippen molar-refractivity contribution < 1.29 is 13.2 Å². The Morgan fingerprint density at radius 3 is 2.62 bits per heavy atom. The molecule has 1 saturated heterocycles. The molecule has 0 radical (unpaired) electrons. The number of carbonyl (C=O) groups is 1. The van der Waals surface area contributed by atoms with Gasteiger partial charge in [-0.1, -0.05) is 18.2 Å². The molecule has 7 nitrogen and oxygen atoms in total. The highest BCUT2D eigenvalue weighted by Gasteiger charge is 2.33. The van der Waals surface area contributed by atoms with Crippen LogP contribution in [0.2, 0.25) is 0 Å². The van der Waals surface area contributed by atoms with Gasteiger partial charge in [0.1, 0.15) is 5.69 Å². The van der Waals surface area contributed by atoms with Crippen LogP contribution in [0.3, 0.4) is 0 Å². The van der Waals surface area contributed by atoms with Gasteiger partial charge in [0.15, 0.2) is 9.84 Å². The molecule has 0 bridgehead atoms. The van der Waals surface area contributed by atoms with Crippen LogP contribution in [-0.4, -0.2) is 48.4 Å². The molecule has 2 heterocycles. The van der Waals surface area contributed by atoms with E-state index in [1.165, 1.54) is 0 Å². The Hall–Kier alpha value is -2.48. The number of amides is 1. The second kappa shape index (κ2) is 7.41. The minimum absolute atomic E-state index is 0.101. The number of nitrogens with one attached hydrogen (secondary N) is 1. The summed E-state index contributed by atoms with van der Waals surface area (Å²) >= 11 is 0. The van der Waals surface area contributed by atoms with Gasteiger partial charge >= 0.3 is 0 Å². The van der Waals surface area contributed by atoms with E-state index < -0.39 is 9.84 Å². The third kappa shape index (κ3) is 4.19. The number of sulfone groups is 1. The summed E-state index contributed by atoms with van der Waals surface area (Å²) in [7, 11) is -3.01. The number of para-hydroxylation sites is 1. The Kier molecular flexibility index (Phi) is 5.22. The van der Waals surface area contributed by atoms with E-state index in [2.05, 4.69) is 15.3 Å². The Morgan fingerprint density at radius 1 is 1.27 bits per heavy atom. The average Bonchev–Trinajstić information content (AvgIpc) is 2.95. The van der Waals surface area contributed by atoms with Gasteiger partial charge in [-0.3, -0.25) is 4.79 Å². The van der Waals surface area contributed by atoms with Crippen LogP contribution < -0.4 is 10.2 Å². The lowest BCUT2D eigenvalue weighted by Crippen LogP contribution is -2.37. The summed E-state index contributed by atoms with van der Waals surface area (Å²) in [5, 5.41) is 2.81. The summed E-state index contributed by atoms with van der Waals surface area (Å²) in [5.74, 6) is 0.358. The minimum Gasteiger partial charge on any atom is -0.337 e. The predicted octanol–water partition coefficient (Wildman–Crippen LogP) is 2.05. The highest BCUT2D eigenvalue weighted by Crippen LogP contribution is 2.22. The molecule has 1 fully saturated rings. The first-order chi connectivity index (χ1) is 12.4. The number of hydrogen-bond donors (Lipinski definition) is 1. The smallest absolute Gasteiger partial charge is 0.274 e. The van der Waals surface area contributed by atoms with E-state index in [0.29, 0.717) is 30.3 Å². The van der Waals surface area contributed by atoms with Gasteiger partial charge in [-0.25, -0.2) is 18.4 Å². The van der Waals surface area contributed by atoms with Gasteiger partial charge < -0.3 is 10.2 Å². The first-order valence-corrected chi connectivity index (χ1v) is 10.4. The van der Waals surface area contributed by atoms with Crippen molar-refractivity contribution in [3.63, 3.8) is 0 Å². The molecule has 1 aromatic heterocycles. The molecule has 3 rings (SSSR count). The van der Waals surface area contributed by atoms with E-state index in [1.807, 2.05) is 30.0 Å². The standard InChI is InChI=1S/C18H22N4O3S/c1-3-22(15-9-10-26(24,25)12-15)18-19-13(2)11-16(21-18)17(23)20-14-7-5-4-6-8-14/h4-8,11,15H,3,9-10,12H2,1-2H3,(H,20,23). The summed E-state index contributed by atoms with van der Waals surface area (Å²) in [6.07, 6.45) is 0.555. The molecule has 1 amide bonds. The molecule has 1 aliphatic heterocycles. The largest absolute Gasteiger partial charge is 0.337 e. The summed E-state index contributed by atoms with van der Waals surface area (Å²) in [4.78, 5) is 23.2. The number of anilines is 2. The predicted molar refractivity (Wildman–Crippen MR) is 101 cm³/mol. The van der Waals surface area contributed by atoms with Crippen molar-refractivity contribution in [3.05, 3.63) is 47.8 Å². The molecule has 2 aromatic rings. The van der Waals surface area contributed by atoms with E-state index in [-0.39, 0.29) is 29.1 Å². The Balaban J connectivity index is 1.85. The third-order valence-electron chi connectivity index (χ3n) is 4.35. The molecule has 1 aromatic carbocycles. The van der Waals surface area contributed by atoms with Crippen molar-refractivity contribution in [2.75, 3.05) is 28.3 Å². The zero-order valence-corrected chi connectivity index (χ0v) is 15.7. The third-order valence-corrected chi connectivity index (χ3v) is 6.10. The molecule has 1 N–H and O–H groups in total. The second-order valence-corrected chi connectivity index (χ2v) is 8.59. The number of hydrogen-bond acceptors (Lipinski definition) is 6. The molecule has 1 aliphatic rings. The monoisotopic (exact) mass is 374 g/mol. The second-order valence-electron chi connectivity index (χ2n) is 6.36. The van der Waals surface area contributed by atoms with Crippen LogP contribution in [0.15, 0.2) is 36.4 Å². The maximum absolute atomic E-state index is 12.5. The number of aromatic nitrogens is 2. The van der Waals surface area contributed by atoms with Gasteiger partial charge in [0, 0.05) is 24.0 Å². The number of carbonyl (C=O) groups excluding carboxylic acids is 1. The number of aryl methyl sites for hydroxylation is 1. The number of nitrogens with zero attached hydrogens (tertiary/aromatic N) is 3. The SMILES string of the molecule is CCN(c1nc(C)cc(C(=O)Nc2ccccc2)n1)C1CCS(=O)(=O)C1. The quantitative estimate of drug-likeness (QED) is 0.861. The summed E-state index contributed by atoms with van der Waals surface area (Å²) < 4.78 is 23.6. The molecule has 0 saturated carbocycles. The van der Waals surface area contributed by atoms with E-state index in [4.69, 9.17) is 0 Å². The summed E-state index contributed by atoms with van der Waals surface area (Å²) in [6, 6.07) is 10.6. The lowest BCUT2D eigenvalue weighted by molar-refractivity contribution is 0.102. The topological polar surface area (TPSA) is 92.3 Å². The summed E-state index contributed by atoms with van der Waals surface area (Å²) in [6.45, 7) is 4.30. The van der Waals surface area contributed by atoms with Crippen LogP contribution in [0.25, 0.3) is 0 Å². The van der Waals surface area contributed by atoms with Crippen LogP contribution in [0, 0.1) is 6.92 Å². The highest BCUT2D eigenvalue weighted by molar-refractivity contribution is 7.91. The molecular weight excluding hydrogens is 352 g/mol. The fourth-order valence-corrected chi connectivity index (χ4v) is 4.83. The fourth-order valence-electron chi connectivity index (χ4n) is 3.10. The Bertz CT molecular complexity index is 900. The zero-order chi connectivity index (χ0) is 18.7. The molecule has 1 unspecified atom stereocenters. The van der Waals surface area contributed by atoms with E-state index >= 15 is 0 Å². The molecule has 0 aliphatic carbocycles. The maximum Gasteiger partial charge on any atom is 0.274 e. The van der Waals surface area contributed by atoms with E-state index in [9.17, 15) is 13.2 Å². The van der Waals surface area contributed by atoms with Crippen molar-refractivity contribution in [2.45, 2.75) is 26.3 Å². The number of rotatable bonds is 5. The van der Waals surface area contributed by atoms with Crippen molar-refractivity contribution >= 4 is 27.4 Å². The van der Waals surface area contributed by atoms with Crippen molar-refractivity contribution in [1.82, 2.24) is 9.97 Å². The van der Waals surface area contributed by atoms with E-state index in [1.54, 1.807) is 25.1 Å². The molecule has 0 spiro atoms. The maximum atomic E-state index is 12.5. The summed E-state index contributed by atoms with van der Waals surface area (Å²) in [5.41, 5.74) is 1.60. The first kappa shape index (κ1) is 18.3. The van der Waals surface area contributed by atoms with Gasteiger partial charge in [-0.05, 0) is 38.5 Å². The van der Waals surface area contributed by atoms with Gasteiger partial charge in [0.2, 0.25) is 5.95 Å². The van der Waals surface area contributed by atoms with Gasteiger partial charge in [0.05, 0.1) is 11.5 Å². The van der Waals surface area contributed by atoms with Crippen LogP contribution >= 0.6 is 0 Å². The highest BCUT2D eigenvalue weighted by atomic mass is 32.2. The lowest BCUT2D eigenvalue weighted by Gasteiger charge is -2.27. The van der Waals surface area contributed by atoms with Crippen LogP contribution in [0.5, 0.6) is 0 Å². The van der Waals surface area contributed by atoms with E-state index in [0.717, 1.165) is 0 Å². The minimum atomic E-state index is -3.01. The molecule has 138 valence electrons. The Morgan fingerprint density at radius 2 is 2.00 bits per heavy atom. The average molecular weight is 374 g/mol. The van der Waals surface area contributed by atoms with Crippen molar-refractivity contribution in [3.8, 4) is 0 Å².